The van der Waals surface area contributed by atoms with Crippen LogP contribution in [-0.2, 0) is 12.8 Å². The summed E-state index contributed by atoms with van der Waals surface area (Å²) in [5.74, 6) is 1.28. The van der Waals surface area contributed by atoms with Crippen LogP contribution in [0.2, 0.25) is 0 Å². The highest BCUT2D eigenvalue weighted by atomic mass is 32.1. The third kappa shape index (κ3) is 3.54. The van der Waals surface area contributed by atoms with Crippen LogP contribution in [0.5, 0.6) is 0 Å². The molecule has 1 aromatic carbocycles. The Kier molecular flexibility index (Phi) is 5.11. The van der Waals surface area contributed by atoms with Gasteiger partial charge in [-0.1, -0.05) is 6.92 Å². The van der Waals surface area contributed by atoms with Crippen molar-refractivity contribution >= 4 is 27.2 Å². The second-order valence-electron chi connectivity index (χ2n) is 8.83. The first-order chi connectivity index (χ1) is 14.5. The number of thiophene rings is 1. The molecule has 158 valence electrons. The summed E-state index contributed by atoms with van der Waals surface area (Å²) in [7, 11) is 0. The van der Waals surface area contributed by atoms with Gasteiger partial charge in [0.2, 0.25) is 0 Å². The van der Waals surface area contributed by atoms with Gasteiger partial charge >= 0.3 is 0 Å². The zero-order valence-electron chi connectivity index (χ0n) is 17.5. The molecule has 0 saturated carbocycles. The summed E-state index contributed by atoms with van der Waals surface area (Å²) < 4.78 is 13.2. The number of aromatic amines is 1. The Morgan fingerprint density at radius 3 is 2.73 bits per heavy atom. The molecule has 2 N–H and O–H groups in total. The summed E-state index contributed by atoms with van der Waals surface area (Å²) in [6.45, 7) is 8.17. The molecule has 1 saturated heterocycles. The topological polar surface area (TPSA) is 53.4 Å². The van der Waals surface area contributed by atoms with Crippen molar-refractivity contribution in [2.45, 2.75) is 39.2 Å². The van der Waals surface area contributed by atoms with E-state index in [1.165, 1.54) is 27.5 Å². The van der Waals surface area contributed by atoms with Crippen LogP contribution >= 0.6 is 11.3 Å². The molecule has 1 fully saturated rings. The summed E-state index contributed by atoms with van der Waals surface area (Å²) in [6, 6.07) is 6.85. The van der Waals surface area contributed by atoms with E-state index in [2.05, 4.69) is 23.7 Å². The number of hydrogen-bond donors (Lipinski definition) is 2. The van der Waals surface area contributed by atoms with Crippen LogP contribution in [0.15, 0.2) is 29.1 Å². The molecule has 1 aliphatic carbocycles. The first kappa shape index (κ1) is 19.7. The molecule has 0 bridgehead atoms. The van der Waals surface area contributed by atoms with Crippen molar-refractivity contribution in [3.8, 4) is 0 Å². The number of piperazine rings is 1. The van der Waals surface area contributed by atoms with Crippen molar-refractivity contribution < 1.29 is 9.29 Å². The van der Waals surface area contributed by atoms with Gasteiger partial charge in [-0.25, -0.2) is 9.37 Å². The maximum Gasteiger partial charge on any atom is 0.260 e. The number of anilines is 1. The molecule has 0 amide bonds. The molecule has 5 rings (SSSR count). The lowest BCUT2D eigenvalue weighted by molar-refractivity contribution is -0.930. The van der Waals surface area contributed by atoms with Crippen LogP contribution in [0, 0.1) is 11.7 Å². The van der Waals surface area contributed by atoms with E-state index in [0.717, 1.165) is 67.2 Å². The standard InChI is InChI=1S/C23H27FN4OS/c1-14-3-8-18-19(13-14)30-23-20(18)22(29)25-21(26-23)15(2)27-9-11-28(12-10-27)17-6-4-16(24)5-7-17/h4-7,14-15H,3,8-13H2,1-2H3,(H,25,26,29)/p+1/t14-,15-/m1/s1. The zero-order chi connectivity index (χ0) is 20.8. The van der Waals surface area contributed by atoms with Gasteiger partial charge in [-0.05, 0) is 61.9 Å². The summed E-state index contributed by atoms with van der Waals surface area (Å²) in [4.78, 5) is 26.9. The van der Waals surface area contributed by atoms with Crippen LogP contribution < -0.4 is 15.4 Å². The average Bonchev–Trinajstić information content (AvgIpc) is 3.11. The number of rotatable bonds is 3. The van der Waals surface area contributed by atoms with E-state index in [9.17, 15) is 9.18 Å². The number of fused-ring (bicyclic) bond motifs is 3. The maximum absolute atomic E-state index is 13.2. The minimum Gasteiger partial charge on any atom is -0.360 e. The van der Waals surface area contributed by atoms with Crippen molar-refractivity contribution in [2.24, 2.45) is 5.92 Å². The van der Waals surface area contributed by atoms with Gasteiger partial charge in [0, 0.05) is 10.6 Å². The SMILES string of the molecule is C[C@@H]1CCc2c(sc3nc([C@@H](C)[NH+]4CCN(c5ccc(F)cc5)CC4)[nH]c(=O)c23)C1. The second kappa shape index (κ2) is 7.78. The largest absolute Gasteiger partial charge is 0.360 e. The van der Waals surface area contributed by atoms with Crippen LogP contribution in [0.1, 0.15) is 42.6 Å². The van der Waals surface area contributed by atoms with Crippen molar-refractivity contribution in [2.75, 3.05) is 31.1 Å². The van der Waals surface area contributed by atoms with E-state index in [1.807, 2.05) is 12.1 Å². The highest BCUT2D eigenvalue weighted by Gasteiger charge is 2.29. The zero-order valence-corrected chi connectivity index (χ0v) is 18.3. The Hall–Kier alpha value is -2.25. The number of quaternary nitrogens is 1. The summed E-state index contributed by atoms with van der Waals surface area (Å²) in [5, 5.41) is 0.828. The first-order valence-corrected chi connectivity index (χ1v) is 11.7. The van der Waals surface area contributed by atoms with E-state index < -0.39 is 0 Å². The Bertz CT molecular complexity index is 1110. The van der Waals surface area contributed by atoms with Crippen molar-refractivity contribution in [3.05, 3.63) is 56.7 Å². The van der Waals surface area contributed by atoms with E-state index in [0.29, 0.717) is 5.92 Å². The van der Waals surface area contributed by atoms with Gasteiger partial charge < -0.3 is 14.8 Å². The van der Waals surface area contributed by atoms with Crippen molar-refractivity contribution in [3.63, 3.8) is 0 Å². The Balaban J connectivity index is 1.34. The van der Waals surface area contributed by atoms with E-state index in [1.54, 1.807) is 11.3 Å². The lowest BCUT2D eigenvalue weighted by Gasteiger charge is -2.36. The number of aromatic nitrogens is 2. The highest BCUT2D eigenvalue weighted by molar-refractivity contribution is 7.18. The predicted octanol–water partition coefficient (Wildman–Crippen LogP) is 2.71. The smallest absolute Gasteiger partial charge is 0.260 e. The quantitative estimate of drug-likeness (QED) is 0.676. The molecule has 2 aliphatic rings. The molecule has 0 unspecified atom stereocenters. The maximum atomic E-state index is 13.2. The third-order valence-electron chi connectivity index (χ3n) is 6.80. The fourth-order valence-electron chi connectivity index (χ4n) is 4.90. The molecule has 3 aromatic rings. The molecule has 2 aromatic heterocycles. The van der Waals surface area contributed by atoms with Crippen molar-refractivity contribution in [1.29, 1.82) is 0 Å². The Morgan fingerprint density at radius 1 is 1.27 bits per heavy atom. The molecular weight excluding hydrogens is 399 g/mol. The Labute approximate surface area is 179 Å². The van der Waals surface area contributed by atoms with Gasteiger partial charge in [-0.2, -0.15) is 0 Å². The fraction of sp³-hybridized carbons (Fsp3) is 0.478. The third-order valence-corrected chi connectivity index (χ3v) is 7.95. The highest BCUT2D eigenvalue weighted by Crippen LogP contribution is 2.35. The number of halogens is 1. The minimum absolute atomic E-state index is 0.0262. The lowest BCUT2D eigenvalue weighted by atomic mass is 9.89. The summed E-state index contributed by atoms with van der Waals surface area (Å²) in [6.07, 6.45) is 3.21. The van der Waals surface area contributed by atoms with Crippen molar-refractivity contribution in [1.82, 2.24) is 9.97 Å². The van der Waals surface area contributed by atoms with Crippen LogP contribution in [0.25, 0.3) is 10.2 Å². The van der Waals surface area contributed by atoms with Gasteiger partial charge in [-0.15, -0.1) is 11.3 Å². The first-order valence-electron chi connectivity index (χ1n) is 10.9. The molecule has 0 spiro atoms. The lowest BCUT2D eigenvalue weighted by Crippen LogP contribution is -3.14. The number of benzene rings is 1. The molecule has 30 heavy (non-hydrogen) atoms. The van der Waals surface area contributed by atoms with E-state index >= 15 is 0 Å². The number of nitrogens with zero attached hydrogens (tertiary/aromatic N) is 2. The van der Waals surface area contributed by atoms with Gasteiger partial charge in [0.1, 0.15) is 16.7 Å². The number of aryl methyl sites for hydroxylation is 1. The number of H-pyrrole nitrogens is 1. The van der Waals surface area contributed by atoms with Gasteiger partial charge in [0.05, 0.1) is 31.6 Å². The molecule has 2 atom stereocenters. The Morgan fingerprint density at radius 2 is 2.00 bits per heavy atom. The summed E-state index contributed by atoms with van der Waals surface area (Å²) >= 11 is 1.72. The van der Waals surface area contributed by atoms with E-state index in [-0.39, 0.29) is 17.4 Å². The van der Waals surface area contributed by atoms with Crippen LogP contribution in [-0.4, -0.2) is 36.1 Å². The van der Waals surface area contributed by atoms with E-state index in [4.69, 9.17) is 4.98 Å². The summed E-state index contributed by atoms with van der Waals surface area (Å²) in [5.41, 5.74) is 2.33. The van der Waals surface area contributed by atoms with Gasteiger partial charge in [-0.3, -0.25) is 4.79 Å². The number of nitrogens with one attached hydrogen (secondary N) is 2. The molecule has 7 heteroatoms. The normalized spacial score (nSPS) is 21.0. The van der Waals surface area contributed by atoms with Crippen LogP contribution in [0.3, 0.4) is 0 Å². The molecule has 0 radical (unpaired) electrons. The minimum atomic E-state index is -0.202. The monoisotopic (exact) mass is 427 g/mol. The predicted molar refractivity (Wildman–Crippen MR) is 119 cm³/mol. The van der Waals surface area contributed by atoms with Gasteiger partial charge in [0.15, 0.2) is 5.82 Å². The molecular formula is C23H28FN4OS+. The van der Waals surface area contributed by atoms with Gasteiger partial charge in [0.25, 0.3) is 5.56 Å². The van der Waals surface area contributed by atoms with Crippen LogP contribution in [0.4, 0.5) is 10.1 Å². The second-order valence-corrected chi connectivity index (χ2v) is 9.91. The number of hydrogen-bond acceptors (Lipinski definition) is 4. The fourth-order valence-corrected chi connectivity index (χ4v) is 6.29. The average molecular weight is 428 g/mol. The molecule has 3 heterocycles. The molecule has 1 aliphatic heterocycles. The molecule has 5 nitrogen and oxygen atoms in total.